The van der Waals surface area contributed by atoms with Crippen LogP contribution in [0.3, 0.4) is 0 Å². The number of hydrogen-bond acceptors (Lipinski definition) is 3. The third-order valence-electron chi connectivity index (χ3n) is 3.50. The molecule has 0 aromatic carbocycles. The first-order chi connectivity index (χ1) is 7.43. The molecule has 1 aliphatic heterocycles. The van der Waals surface area contributed by atoms with E-state index in [1.807, 2.05) is 0 Å². The molecule has 3 heteroatoms. The number of likely N-dealkylation sites (tertiary alicyclic amines) is 1. The molecule has 0 aromatic rings. The highest BCUT2D eigenvalue weighted by Gasteiger charge is 2.25. The molecule has 2 N–H and O–H groups in total. The van der Waals surface area contributed by atoms with Gasteiger partial charge in [-0.25, -0.2) is 0 Å². The molecule has 1 heterocycles. The lowest BCUT2D eigenvalue weighted by molar-refractivity contribution is 0.0107. The average Bonchev–Trinajstić information content (AvgIpc) is 2.20. The summed E-state index contributed by atoms with van der Waals surface area (Å²) in [6, 6.07) is 0.260. The van der Waals surface area contributed by atoms with E-state index in [-0.39, 0.29) is 11.5 Å². The molecule has 3 nitrogen and oxygen atoms in total. The van der Waals surface area contributed by atoms with Gasteiger partial charge in [-0.1, -0.05) is 20.8 Å². The fraction of sp³-hybridized carbons (Fsp3) is 1.00. The first kappa shape index (κ1) is 13.9. The van der Waals surface area contributed by atoms with Crippen molar-refractivity contribution in [1.82, 2.24) is 4.90 Å². The Balaban J connectivity index is 2.27. The summed E-state index contributed by atoms with van der Waals surface area (Å²) in [7, 11) is 0. The topological polar surface area (TPSA) is 38.5 Å². The van der Waals surface area contributed by atoms with E-state index in [4.69, 9.17) is 10.5 Å². The zero-order valence-electron chi connectivity index (χ0n) is 11.3. The van der Waals surface area contributed by atoms with Gasteiger partial charge >= 0.3 is 0 Å². The molecule has 0 spiro atoms. The lowest BCUT2D eigenvalue weighted by Crippen LogP contribution is -2.48. The summed E-state index contributed by atoms with van der Waals surface area (Å²) in [5.74, 6) is 0. The highest BCUT2D eigenvalue weighted by molar-refractivity contribution is 4.82. The molecule has 1 fully saturated rings. The molecule has 0 aromatic heterocycles. The summed E-state index contributed by atoms with van der Waals surface area (Å²) in [5.41, 5.74) is 6.41. The van der Waals surface area contributed by atoms with Crippen LogP contribution in [0.1, 0.15) is 40.5 Å². The van der Waals surface area contributed by atoms with Gasteiger partial charge in [0.2, 0.25) is 0 Å². The predicted octanol–water partition coefficient (Wildman–Crippen LogP) is 1.86. The Morgan fingerprint density at radius 2 is 1.88 bits per heavy atom. The lowest BCUT2D eigenvalue weighted by Gasteiger charge is -2.36. The molecule has 1 saturated heterocycles. The minimum Gasteiger partial charge on any atom is -0.378 e. The van der Waals surface area contributed by atoms with Crippen molar-refractivity contribution in [3.8, 4) is 0 Å². The minimum atomic E-state index is 0.205. The highest BCUT2D eigenvalue weighted by atomic mass is 16.5. The van der Waals surface area contributed by atoms with Gasteiger partial charge in [-0.3, -0.25) is 0 Å². The number of rotatable bonds is 4. The van der Waals surface area contributed by atoms with E-state index < -0.39 is 0 Å². The second kappa shape index (κ2) is 5.99. The molecule has 1 rings (SSSR count). The van der Waals surface area contributed by atoms with Crippen LogP contribution in [0.5, 0.6) is 0 Å². The zero-order chi connectivity index (χ0) is 12.2. The summed E-state index contributed by atoms with van der Waals surface area (Å²) in [6.07, 6.45) is 2.79. The second-order valence-electron chi connectivity index (χ2n) is 5.93. The van der Waals surface area contributed by atoms with Crippen LogP contribution in [0.15, 0.2) is 0 Å². The number of piperidine rings is 1. The zero-order valence-corrected chi connectivity index (χ0v) is 11.3. The van der Waals surface area contributed by atoms with Crippen molar-refractivity contribution in [3.05, 3.63) is 0 Å². The van der Waals surface area contributed by atoms with Crippen molar-refractivity contribution in [2.75, 3.05) is 26.2 Å². The quantitative estimate of drug-likeness (QED) is 0.798. The summed E-state index contributed by atoms with van der Waals surface area (Å²) in [5, 5.41) is 0. The van der Waals surface area contributed by atoms with E-state index in [9.17, 15) is 0 Å². The fourth-order valence-electron chi connectivity index (χ4n) is 2.05. The fourth-order valence-corrected chi connectivity index (χ4v) is 2.05. The highest BCUT2D eigenvalue weighted by Crippen LogP contribution is 2.20. The van der Waals surface area contributed by atoms with E-state index in [0.717, 1.165) is 39.1 Å². The van der Waals surface area contributed by atoms with Crippen molar-refractivity contribution >= 4 is 0 Å². The Bertz CT molecular complexity index is 193. The van der Waals surface area contributed by atoms with Crippen LogP contribution in [0.2, 0.25) is 0 Å². The summed E-state index contributed by atoms with van der Waals surface area (Å²) >= 11 is 0. The Kier molecular flexibility index (Phi) is 5.22. The van der Waals surface area contributed by atoms with E-state index in [1.165, 1.54) is 0 Å². The van der Waals surface area contributed by atoms with Gasteiger partial charge in [-0.2, -0.15) is 0 Å². The predicted molar refractivity (Wildman–Crippen MR) is 68.5 cm³/mol. The number of nitrogens with two attached hydrogens (primary N) is 1. The van der Waals surface area contributed by atoms with E-state index in [1.54, 1.807) is 0 Å². The largest absolute Gasteiger partial charge is 0.378 e. The molecule has 1 aliphatic rings. The molecule has 96 valence electrons. The van der Waals surface area contributed by atoms with Gasteiger partial charge in [0, 0.05) is 32.3 Å². The van der Waals surface area contributed by atoms with Gasteiger partial charge < -0.3 is 15.4 Å². The van der Waals surface area contributed by atoms with Crippen LogP contribution in [-0.4, -0.2) is 43.3 Å². The average molecular weight is 228 g/mol. The number of nitrogens with zero attached hydrogens (tertiary/aromatic N) is 1. The molecular formula is C13H28N2O. The maximum atomic E-state index is 6.20. The molecule has 1 unspecified atom stereocenters. The molecule has 0 saturated carbocycles. The second-order valence-corrected chi connectivity index (χ2v) is 5.93. The molecule has 0 bridgehead atoms. The molecule has 0 amide bonds. The smallest absolute Gasteiger partial charge is 0.0599 e. The van der Waals surface area contributed by atoms with Crippen molar-refractivity contribution in [1.29, 1.82) is 0 Å². The Hall–Kier alpha value is -0.120. The first-order valence-electron chi connectivity index (χ1n) is 6.53. The molecule has 16 heavy (non-hydrogen) atoms. The van der Waals surface area contributed by atoms with Crippen LogP contribution in [-0.2, 0) is 4.74 Å². The van der Waals surface area contributed by atoms with Gasteiger partial charge in [0.15, 0.2) is 0 Å². The number of hydrogen-bond donors (Lipinski definition) is 1. The van der Waals surface area contributed by atoms with Crippen LogP contribution in [0, 0.1) is 5.41 Å². The van der Waals surface area contributed by atoms with Crippen LogP contribution in [0.4, 0.5) is 0 Å². The maximum absolute atomic E-state index is 6.20. The Morgan fingerprint density at radius 3 is 2.31 bits per heavy atom. The summed E-state index contributed by atoms with van der Waals surface area (Å²) in [4.78, 5) is 2.48. The minimum absolute atomic E-state index is 0.205. The van der Waals surface area contributed by atoms with Gasteiger partial charge in [0.1, 0.15) is 0 Å². The summed E-state index contributed by atoms with van der Waals surface area (Å²) < 4.78 is 5.65. The van der Waals surface area contributed by atoms with Crippen molar-refractivity contribution in [2.24, 2.45) is 11.1 Å². The first-order valence-corrected chi connectivity index (χ1v) is 6.53. The molecule has 0 radical (unpaired) electrons. The van der Waals surface area contributed by atoms with E-state index >= 15 is 0 Å². The van der Waals surface area contributed by atoms with Gasteiger partial charge in [-0.05, 0) is 25.2 Å². The Labute approximate surface area is 100 Å². The Morgan fingerprint density at radius 1 is 1.31 bits per heavy atom. The van der Waals surface area contributed by atoms with Gasteiger partial charge in [0.25, 0.3) is 0 Å². The molecule has 0 aliphatic carbocycles. The normalized spacial score (nSPS) is 22.3. The van der Waals surface area contributed by atoms with Crippen molar-refractivity contribution < 1.29 is 4.74 Å². The van der Waals surface area contributed by atoms with Crippen molar-refractivity contribution in [2.45, 2.75) is 52.7 Å². The molecule has 1 atom stereocenters. The summed E-state index contributed by atoms with van der Waals surface area (Å²) in [6.45, 7) is 12.8. The van der Waals surface area contributed by atoms with Gasteiger partial charge in [0.05, 0.1) is 6.10 Å². The van der Waals surface area contributed by atoms with Crippen LogP contribution < -0.4 is 5.73 Å². The third-order valence-corrected chi connectivity index (χ3v) is 3.50. The third kappa shape index (κ3) is 4.40. The lowest BCUT2D eigenvalue weighted by atomic mass is 9.87. The van der Waals surface area contributed by atoms with E-state index in [0.29, 0.717) is 6.10 Å². The standard InChI is InChI=1S/C13H28N2O/c1-5-16-11-6-8-15(9-7-11)10-12(14)13(2,3)4/h11-12H,5-10,14H2,1-4H3. The van der Waals surface area contributed by atoms with E-state index in [2.05, 4.69) is 32.6 Å². The molecular weight excluding hydrogens is 200 g/mol. The maximum Gasteiger partial charge on any atom is 0.0599 e. The van der Waals surface area contributed by atoms with Crippen LogP contribution in [0.25, 0.3) is 0 Å². The SMILES string of the molecule is CCOC1CCN(CC(N)C(C)(C)C)CC1. The number of ether oxygens (including phenoxy) is 1. The monoisotopic (exact) mass is 228 g/mol. The van der Waals surface area contributed by atoms with Crippen LogP contribution >= 0.6 is 0 Å². The van der Waals surface area contributed by atoms with Crippen molar-refractivity contribution in [3.63, 3.8) is 0 Å². The van der Waals surface area contributed by atoms with Gasteiger partial charge in [-0.15, -0.1) is 0 Å².